The second-order valence-corrected chi connectivity index (χ2v) is 7.37. The van der Waals surface area contributed by atoms with Gasteiger partial charge in [0.25, 0.3) is 5.91 Å². The summed E-state index contributed by atoms with van der Waals surface area (Å²) in [5.41, 5.74) is 1.47. The van der Waals surface area contributed by atoms with Crippen molar-refractivity contribution in [3.05, 3.63) is 90.8 Å². The fraction of sp³-hybridized carbons (Fsp3) is 0.0400. The number of ether oxygens (including phenoxy) is 2. The first-order chi connectivity index (χ1) is 16.4. The molecule has 0 atom stereocenters. The smallest absolute Gasteiger partial charge is 0.457 e. The van der Waals surface area contributed by atoms with Crippen molar-refractivity contribution in [1.29, 1.82) is 0 Å². The van der Waals surface area contributed by atoms with Gasteiger partial charge in [0, 0.05) is 23.6 Å². The molecule has 0 spiro atoms. The van der Waals surface area contributed by atoms with E-state index in [2.05, 4.69) is 20.0 Å². The molecule has 0 aliphatic carbocycles. The first-order valence-electron chi connectivity index (χ1n) is 10.2. The summed E-state index contributed by atoms with van der Waals surface area (Å²) < 4.78 is 46.9. The van der Waals surface area contributed by atoms with Gasteiger partial charge in [-0.25, -0.2) is 4.98 Å². The number of amides is 1. The van der Waals surface area contributed by atoms with Crippen molar-refractivity contribution in [2.75, 3.05) is 5.32 Å². The number of benzene rings is 3. The average molecular weight is 463 g/mol. The van der Waals surface area contributed by atoms with Gasteiger partial charge in [-0.1, -0.05) is 12.1 Å². The standard InChI is InChI=1S/C25H16F3N3O3/c26-25(27,28)34-17-6-4-16(5-7-17)31-24(32)20-3-1-2-15-14-18(8-9-19(15)20)33-22-11-13-30-23-21(22)10-12-29-23/h1-14H,(H,29,30)(H,31,32). The summed E-state index contributed by atoms with van der Waals surface area (Å²) in [6, 6.07) is 19.3. The molecule has 6 nitrogen and oxygen atoms in total. The highest BCUT2D eigenvalue weighted by Gasteiger charge is 2.31. The number of aromatic amines is 1. The van der Waals surface area contributed by atoms with Gasteiger partial charge in [-0.3, -0.25) is 4.79 Å². The predicted molar refractivity (Wildman–Crippen MR) is 121 cm³/mol. The van der Waals surface area contributed by atoms with E-state index in [1.807, 2.05) is 18.2 Å². The van der Waals surface area contributed by atoms with Gasteiger partial charge in [-0.2, -0.15) is 0 Å². The number of fused-ring (bicyclic) bond motifs is 2. The number of halogens is 3. The second kappa shape index (κ2) is 8.43. The minimum Gasteiger partial charge on any atom is -0.457 e. The monoisotopic (exact) mass is 463 g/mol. The summed E-state index contributed by atoms with van der Waals surface area (Å²) in [7, 11) is 0. The third-order valence-electron chi connectivity index (χ3n) is 5.09. The second-order valence-electron chi connectivity index (χ2n) is 7.37. The SMILES string of the molecule is O=C(Nc1ccc(OC(F)(F)F)cc1)c1cccc2cc(Oc3ccnc4[nH]ccc34)ccc12. The minimum absolute atomic E-state index is 0.338. The summed E-state index contributed by atoms with van der Waals surface area (Å²) >= 11 is 0. The molecule has 2 heterocycles. The zero-order valence-corrected chi connectivity index (χ0v) is 17.4. The number of alkyl halides is 3. The van der Waals surface area contributed by atoms with E-state index in [4.69, 9.17) is 4.74 Å². The van der Waals surface area contributed by atoms with E-state index in [9.17, 15) is 18.0 Å². The number of hydrogen-bond donors (Lipinski definition) is 2. The normalized spacial score (nSPS) is 11.5. The first kappa shape index (κ1) is 21.3. The number of carbonyl (C=O) groups excluding carboxylic acids is 1. The van der Waals surface area contributed by atoms with Crippen LogP contribution in [0.2, 0.25) is 0 Å². The van der Waals surface area contributed by atoms with Crippen LogP contribution in [0.3, 0.4) is 0 Å². The van der Waals surface area contributed by atoms with Crippen LogP contribution in [0.4, 0.5) is 18.9 Å². The molecule has 5 aromatic rings. The lowest BCUT2D eigenvalue weighted by Gasteiger charge is -2.12. The van der Waals surface area contributed by atoms with Crippen molar-refractivity contribution < 1.29 is 27.4 Å². The Bertz CT molecular complexity index is 1490. The van der Waals surface area contributed by atoms with Gasteiger partial charge < -0.3 is 19.8 Å². The molecule has 3 aromatic carbocycles. The maximum atomic E-state index is 12.9. The molecular weight excluding hydrogens is 447 g/mol. The van der Waals surface area contributed by atoms with Crippen LogP contribution < -0.4 is 14.8 Å². The lowest BCUT2D eigenvalue weighted by molar-refractivity contribution is -0.274. The van der Waals surface area contributed by atoms with Crippen molar-refractivity contribution in [2.24, 2.45) is 0 Å². The third kappa shape index (κ3) is 4.49. The van der Waals surface area contributed by atoms with Crippen molar-refractivity contribution in [3.8, 4) is 17.2 Å². The average Bonchev–Trinajstić information content (AvgIpc) is 3.29. The summed E-state index contributed by atoms with van der Waals surface area (Å²) in [6.45, 7) is 0. The van der Waals surface area contributed by atoms with E-state index in [0.29, 0.717) is 28.1 Å². The summed E-state index contributed by atoms with van der Waals surface area (Å²) in [5.74, 6) is 0.484. The van der Waals surface area contributed by atoms with Crippen molar-refractivity contribution >= 4 is 33.4 Å². The molecule has 2 aromatic heterocycles. The molecule has 0 saturated carbocycles. The zero-order valence-electron chi connectivity index (χ0n) is 17.4. The molecule has 0 bridgehead atoms. The molecule has 0 saturated heterocycles. The van der Waals surface area contributed by atoms with Crippen LogP contribution in [0.25, 0.3) is 21.8 Å². The molecule has 0 aliphatic heterocycles. The number of aromatic nitrogens is 2. The molecule has 0 aliphatic rings. The molecule has 9 heteroatoms. The van der Waals surface area contributed by atoms with Gasteiger partial charge in [-0.05, 0) is 71.4 Å². The number of H-pyrrole nitrogens is 1. The van der Waals surface area contributed by atoms with Gasteiger partial charge >= 0.3 is 6.36 Å². The number of carbonyl (C=O) groups is 1. The number of anilines is 1. The fourth-order valence-corrected chi connectivity index (χ4v) is 3.61. The maximum absolute atomic E-state index is 12.9. The van der Waals surface area contributed by atoms with Gasteiger partial charge in [-0.15, -0.1) is 13.2 Å². The van der Waals surface area contributed by atoms with E-state index >= 15 is 0 Å². The van der Waals surface area contributed by atoms with Gasteiger partial charge in [0.05, 0.1) is 5.39 Å². The Morgan fingerprint density at radius 2 is 1.71 bits per heavy atom. The summed E-state index contributed by atoms with van der Waals surface area (Å²) in [6.07, 6.45) is -1.34. The predicted octanol–water partition coefficient (Wildman–Crippen LogP) is 6.66. The number of nitrogens with zero attached hydrogens (tertiary/aromatic N) is 1. The van der Waals surface area contributed by atoms with E-state index in [1.165, 1.54) is 12.1 Å². The molecule has 0 radical (unpaired) electrons. The van der Waals surface area contributed by atoms with E-state index in [-0.39, 0.29) is 5.75 Å². The Balaban J connectivity index is 1.37. The molecule has 2 N–H and O–H groups in total. The summed E-state index contributed by atoms with van der Waals surface area (Å²) in [5, 5.41) is 5.03. The van der Waals surface area contributed by atoms with Gasteiger partial charge in [0.2, 0.25) is 0 Å². The Morgan fingerprint density at radius 1 is 0.912 bits per heavy atom. The third-order valence-corrected chi connectivity index (χ3v) is 5.09. The van der Waals surface area contributed by atoms with Crippen LogP contribution in [0, 0.1) is 0 Å². The molecule has 170 valence electrons. The number of hydrogen-bond acceptors (Lipinski definition) is 4. The Kier molecular flexibility index (Phi) is 5.29. The highest BCUT2D eigenvalue weighted by atomic mass is 19.4. The van der Waals surface area contributed by atoms with Crippen molar-refractivity contribution in [3.63, 3.8) is 0 Å². The van der Waals surface area contributed by atoms with Crippen LogP contribution in [0.15, 0.2) is 85.2 Å². The first-order valence-corrected chi connectivity index (χ1v) is 10.2. The Morgan fingerprint density at radius 3 is 2.50 bits per heavy atom. The van der Waals surface area contributed by atoms with E-state index in [1.54, 1.807) is 42.7 Å². The highest BCUT2D eigenvalue weighted by Crippen LogP contribution is 2.31. The Labute approximate surface area is 191 Å². The van der Waals surface area contributed by atoms with E-state index in [0.717, 1.165) is 28.6 Å². The fourth-order valence-electron chi connectivity index (χ4n) is 3.61. The number of pyridine rings is 1. The zero-order chi connectivity index (χ0) is 23.7. The van der Waals surface area contributed by atoms with Crippen LogP contribution in [0.5, 0.6) is 17.2 Å². The van der Waals surface area contributed by atoms with Crippen LogP contribution in [-0.2, 0) is 0 Å². The van der Waals surface area contributed by atoms with Crippen molar-refractivity contribution in [1.82, 2.24) is 9.97 Å². The van der Waals surface area contributed by atoms with Gasteiger partial charge in [0.15, 0.2) is 0 Å². The highest BCUT2D eigenvalue weighted by molar-refractivity contribution is 6.13. The largest absolute Gasteiger partial charge is 0.573 e. The molecule has 1 amide bonds. The van der Waals surface area contributed by atoms with E-state index < -0.39 is 12.3 Å². The lowest BCUT2D eigenvalue weighted by atomic mass is 10.0. The molecular formula is C25H16F3N3O3. The number of nitrogens with one attached hydrogen (secondary N) is 2. The lowest BCUT2D eigenvalue weighted by Crippen LogP contribution is -2.17. The molecule has 5 rings (SSSR count). The number of rotatable bonds is 5. The molecule has 0 fully saturated rings. The quantitative estimate of drug-likeness (QED) is 0.306. The van der Waals surface area contributed by atoms with Crippen LogP contribution >= 0.6 is 0 Å². The van der Waals surface area contributed by atoms with Gasteiger partial charge in [0.1, 0.15) is 22.9 Å². The molecule has 0 unspecified atom stereocenters. The maximum Gasteiger partial charge on any atom is 0.573 e. The Hall–Kier alpha value is -4.53. The van der Waals surface area contributed by atoms with Crippen LogP contribution in [0.1, 0.15) is 10.4 Å². The van der Waals surface area contributed by atoms with Crippen molar-refractivity contribution in [2.45, 2.75) is 6.36 Å². The molecule has 34 heavy (non-hydrogen) atoms. The van der Waals surface area contributed by atoms with Crippen LogP contribution in [-0.4, -0.2) is 22.2 Å². The minimum atomic E-state index is -4.78. The summed E-state index contributed by atoms with van der Waals surface area (Å²) in [4.78, 5) is 20.1. The topological polar surface area (TPSA) is 76.2 Å².